The summed E-state index contributed by atoms with van der Waals surface area (Å²) in [6.45, 7) is 0. The number of hydrogen-bond acceptors (Lipinski definition) is 2. The fraction of sp³-hybridized carbons (Fsp3) is 0.0476. The van der Waals surface area contributed by atoms with Crippen molar-refractivity contribution in [1.82, 2.24) is 0 Å². The minimum Gasteiger partial charge on any atom is -0.365 e. The molecule has 24 heavy (non-hydrogen) atoms. The summed E-state index contributed by atoms with van der Waals surface area (Å²) in [7, 11) is 0. The van der Waals surface area contributed by atoms with Crippen LogP contribution in [-0.4, -0.2) is 5.91 Å². The molecule has 0 fully saturated rings. The third-order valence-electron chi connectivity index (χ3n) is 4.00. The zero-order valence-corrected chi connectivity index (χ0v) is 13.1. The second-order valence-electron chi connectivity index (χ2n) is 5.52. The molecule has 0 aliphatic carbocycles. The predicted octanol–water partition coefficient (Wildman–Crippen LogP) is 3.84. The van der Waals surface area contributed by atoms with Gasteiger partial charge in [-0.3, -0.25) is 4.79 Å². The Hall–Kier alpha value is -3.38. The van der Waals surface area contributed by atoms with Gasteiger partial charge >= 0.3 is 0 Å². The van der Waals surface area contributed by atoms with Crippen molar-refractivity contribution in [3.63, 3.8) is 0 Å². The maximum Gasteiger partial charge on any atom is 0.259 e. The van der Waals surface area contributed by atoms with Crippen LogP contribution in [0.25, 0.3) is 16.3 Å². The molecule has 0 aliphatic rings. The largest absolute Gasteiger partial charge is 0.365 e. The number of fused-ring (bicyclic) bond motifs is 1. The Kier molecular flexibility index (Phi) is 4.40. The van der Waals surface area contributed by atoms with Gasteiger partial charge in [-0.15, -0.1) is 0 Å². The Morgan fingerprint density at radius 2 is 1.58 bits per heavy atom. The number of nitrogens with two attached hydrogens (primary N) is 1. The van der Waals surface area contributed by atoms with Crippen molar-refractivity contribution >= 4 is 22.3 Å². The van der Waals surface area contributed by atoms with E-state index in [1.54, 1.807) is 0 Å². The molecule has 3 aromatic carbocycles. The summed E-state index contributed by atoms with van der Waals surface area (Å²) < 4.78 is 0. The van der Waals surface area contributed by atoms with Crippen LogP contribution in [0.15, 0.2) is 78.4 Å². The van der Waals surface area contributed by atoms with Gasteiger partial charge in [0.2, 0.25) is 0 Å². The molecule has 3 rings (SSSR count). The number of rotatable bonds is 4. The molecule has 0 spiro atoms. The molecular formula is C21H16N2O. The monoisotopic (exact) mass is 312 g/mol. The first-order valence-electron chi connectivity index (χ1n) is 7.66. The number of primary amides is 1. The summed E-state index contributed by atoms with van der Waals surface area (Å²) in [5.41, 5.74) is 8.02. The smallest absolute Gasteiger partial charge is 0.259 e. The van der Waals surface area contributed by atoms with E-state index in [9.17, 15) is 10.1 Å². The Morgan fingerprint density at radius 1 is 0.917 bits per heavy atom. The SMILES string of the molecule is N#CC(C(N)=O)=C(Cc1ccccc1)c1cccc2ccccc12. The molecule has 0 saturated carbocycles. The molecule has 0 bridgehead atoms. The maximum absolute atomic E-state index is 11.8. The summed E-state index contributed by atoms with van der Waals surface area (Å²) in [5.74, 6) is -0.698. The van der Waals surface area contributed by atoms with E-state index in [0.717, 1.165) is 21.9 Å². The molecule has 0 aliphatic heterocycles. The minimum absolute atomic E-state index is 0.00945. The zero-order chi connectivity index (χ0) is 16.9. The second kappa shape index (κ2) is 6.80. The molecule has 2 N–H and O–H groups in total. The molecule has 3 aromatic rings. The van der Waals surface area contributed by atoms with Gasteiger partial charge in [0.05, 0.1) is 0 Å². The lowest BCUT2D eigenvalue weighted by atomic mass is 9.90. The summed E-state index contributed by atoms with van der Waals surface area (Å²) in [6, 6.07) is 25.5. The van der Waals surface area contributed by atoms with Crippen molar-refractivity contribution in [3.8, 4) is 6.07 Å². The second-order valence-corrected chi connectivity index (χ2v) is 5.52. The van der Waals surface area contributed by atoms with Crippen LogP contribution in [-0.2, 0) is 11.2 Å². The lowest BCUT2D eigenvalue weighted by molar-refractivity contribution is -0.114. The Balaban J connectivity index is 2.25. The number of carbonyl (C=O) groups excluding carboxylic acids is 1. The third kappa shape index (κ3) is 3.04. The van der Waals surface area contributed by atoms with Gasteiger partial charge in [-0.05, 0) is 33.9 Å². The quantitative estimate of drug-likeness (QED) is 0.587. The molecule has 0 saturated heterocycles. The fourth-order valence-electron chi connectivity index (χ4n) is 2.88. The van der Waals surface area contributed by atoms with E-state index >= 15 is 0 Å². The summed E-state index contributed by atoms with van der Waals surface area (Å²) >= 11 is 0. The molecule has 3 nitrogen and oxygen atoms in total. The summed E-state index contributed by atoms with van der Waals surface area (Å²) in [5, 5.41) is 11.5. The van der Waals surface area contributed by atoms with Crippen molar-refractivity contribution in [2.45, 2.75) is 6.42 Å². The molecule has 0 heterocycles. The zero-order valence-electron chi connectivity index (χ0n) is 13.1. The highest BCUT2D eigenvalue weighted by Crippen LogP contribution is 2.30. The van der Waals surface area contributed by atoms with Gasteiger partial charge in [0.15, 0.2) is 0 Å². The van der Waals surface area contributed by atoms with Crippen molar-refractivity contribution in [3.05, 3.63) is 89.5 Å². The van der Waals surface area contributed by atoms with E-state index < -0.39 is 5.91 Å². The highest BCUT2D eigenvalue weighted by atomic mass is 16.1. The molecular weight excluding hydrogens is 296 g/mol. The molecule has 3 heteroatoms. The first-order valence-corrected chi connectivity index (χ1v) is 7.66. The van der Waals surface area contributed by atoms with Crippen molar-refractivity contribution in [2.24, 2.45) is 5.73 Å². The van der Waals surface area contributed by atoms with E-state index in [1.807, 2.05) is 78.9 Å². The van der Waals surface area contributed by atoms with Crippen LogP contribution in [0.2, 0.25) is 0 Å². The van der Waals surface area contributed by atoms with Crippen LogP contribution in [0.4, 0.5) is 0 Å². The van der Waals surface area contributed by atoms with E-state index in [-0.39, 0.29) is 5.57 Å². The summed E-state index contributed by atoms with van der Waals surface area (Å²) in [6.07, 6.45) is 0.473. The predicted molar refractivity (Wildman–Crippen MR) is 95.8 cm³/mol. The highest BCUT2D eigenvalue weighted by molar-refractivity contribution is 6.07. The van der Waals surface area contributed by atoms with Gasteiger partial charge in [-0.25, -0.2) is 0 Å². The van der Waals surface area contributed by atoms with Gasteiger partial charge in [0.25, 0.3) is 5.91 Å². The number of carbonyl (C=O) groups is 1. The van der Waals surface area contributed by atoms with Crippen molar-refractivity contribution in [1.29, 1.82) is 5.26 Å². The van der Waals surface area contributed by atoms with E-state index in [2.05, 4.69) is 0 Å². The molecule has 116 valence electrons. The summed E-state index contributed by atoms with van der Waals surface area (Å²) in [4.78, 5) is 11.8. The van der Waals surface area contributed by atoms with Crippen LogP contribution >= 0.6 is 0 Å². The molecule has 0 radical (unpaired) electrons. The number of allylic oxidation sites excluding steroid dienone is 1. The molecule has 1 amide bonds. The number of hydrogen-bond donors (Lipinski definition) is 1. The van der Waals surface area contributed by atoms with Crippen LogP contribution in [0.1, 0.15) is 11.1 Å². The van der Waals surface area contributed by atoms with E-state index in [0.29, 0.717) is 12.0 Å². The average Bonchev–Trinajstić information content (AvgIpc) is 2.61. The van der Waals surface area contributed by atoms with Crippen molar-refractivity contribution in [2.75, 3.05) is 0 Å². The average molecular weight is 312 g/mol. The fourth-order valence-corrected chi connectivity index (χ4v) is 2.88. The first kappa shape index (κ1) is 15.5. The van der Waals surface area contributed by atoms with Crippen molar-refractivity contribution < 1.29 is 4.79 Å². The topological polar surface area (TPSA) is 66.9 Å². The number of nitriles is 1. The van der Waals surface area contributed by atoms with Crippen LogP contribution in [0.5, 0.6) is 0 Å². The molecule has 0 unspecified atom stereocenters. The van der Waals surface area contributed by atoms with E-state index in [4.69, 9.17) is 5.73 Å². The minimum atomic E-state index is -0.698. The third-order valence-corrected chi connectivity index (χ3v) is 4.00. The van der Waals surface area contributed by atoms with Gasteiger partial charge in [0.1, 0.15) is 11.6 Å². The lowest BCUT2D eigenvalue weighted by Crippen LogP contribution is -2.15. The normalized spacial score (nSPS) is 11.6. The maximum atomic E-state index is 11.8. The van der Waals surface area contributed by atoms with E-state index in [1.165, 1.54) is 0 Å². The Bertz CT molecular complexity index is 961. The van der Waals surface area contributed by atoms with Gasteiger partial charge in [-0.2, -0.15) is 5.26 Å². The highest BCUT2D eigenvalue weighted by Gasteiger charge is 2.16. The van der Waals surface area contributed by atoms with Crippen LogP contribution in [0.3, 0.4) is 0 Å². The van der Waals surface area contributed by atoms with Gasteiger partial charge in [0, 0.05) is 0 Å². The number of amides is 1. The number of benzene rings is 3. The van der Waals surface area contributed by atoms with Crippen LogP contribution < -0.4 is 5.73 Å². The Labute approximate surface area is 140 Å². The van der Waals surface area contributed by atoms with Crippen LogP contribution in [0, 0.1) is 11.3 Å². The standard InChI is InChI=1S/C21H16N2O/c22-14-20(21(23)24)19(13-15-7-2-1-3-8-15)18-12-6-10-16-9-4-5-11-17(16)18/h1-12H,13H2,(H2,23,24). The lowest BCUT2D eigenvalue weighted by Gasteiger charge is -2.13. The molecule has 0 atom stereocenters. The molecule has 0 aromatic heterocycles. The van der Waals surface area contributed by atoms with Gasteiger partial charge < -0.3 is 5.73 Å². The Morgan fingerprint density at radius 3 is 2.29 bits per heavy atom. The first-order chi connectivity index (χ1) is 11.7. The van der Waals surface area contributed by atoms with Gasteiger partial charge in [-0.1, -0.05) is 72.8 Å². The number of nitrogens with zero attached hydrogens (tertiary/aromatic N) is 1.